The molecule has 2 rings (SSSR count). The van der Waals surface area contributed by atoms with Gasteiger partial charge in [0.15, 0.2) is 0 Å². The number of pyridine rings is 1. The molecular formula is C14H15N3S. The summed E-state index contributed by atoms with van der Waals surface area (Å²) in [5, 5.41) is 8.22. The second-order valence-electron chi connectivity index (χ2n) is 4.15. The summed E-state index contributed by atoms with van der Waals surface area (Å²) < 4.78 is 0. The Labute approximate surface area is 111 Å². The van der Waals surface area contributed by atoms with Crippen molar-refractivity contribution < 1.29 is 0 Å². The van der Waals surface area contributed by atoms with Gasteiger partial charge in [0, 0.05) is 16.7 Å². The van der Waals surface area contributed by atoms with Crippen molar-refractivity contribution >= 4 is 17.6 Å². The zero-order chi connectivity index (χ0) is 13.1. The minimum atomic E-state index is 0.0465. The molecule has 0 aliphatic heterocycles. The predicted molar refractivity (Wildman–Crippen MR) is 75.3 cm³/mol. The third kappa shape index (κ3) is 2.90. The Balaban J connectivity index is 2.18. The van der Waals surface area contributed by atoms with E-state index in [-0.39, 0.29) is 5.84 Å². The number of aromatic nitrogens is 1. The van der Waals surface area contributed by atoms with Crippen LogP contribution >= 0.6 is 11.8 Å². The molecule has 1 aromatic carbocycles. The van der Waals surface area contributed by atoms with Crippen LogP contribution in [0.4, 0.5) is 0 Å². The van der Waals surface area contributed by atoms with Gasteiger partial charge in [-0.15, -0.1) is 0 Å². The molecule has 0 fully saturated rings. The molecule has 0 aliphatic carbocycles. The Morgan fingerprint density at radius 2 is 1.94 bits per heavy atom. The standard InChI is InChI=1S/C14H15N3S/c1-9-3-5-12(7-10(9)2)18-13-6-4-11(8-17-13)14(15)16/h3-8H,1-2H3,(H3,15,16). The van der Waals surface area contributed by atoms with Gasteiger partial charge in [-0.1, -0.05) is 17.8 Å². The lowest BCUT2D eigenvalue weighted by molar-refractivity contribution is 1.12. The van der Waals surface area contributed by atoms with Gasteiger partial charge in [0.05, 0.1) is 0 Å². The molecule has 0 spiro atoms. The van der Waals surface area contributed by atoms with Gasteiger partial charge >= 0.3 is 0 Å². The van der Waals surface area contributed by atoms with Crippen molar-refractivity contribution in [3.05, 3.63) is 53.2 Å². The zero-order valence-electron chi connectivity index (χ0n) is 10.4. The Hall–Kier alpha value is -1.81. The molecule has 4 heteroatoms. The van der Waals surface area contributed by atoms with Crippen LogP contribution in [0.25, 0.3) is 0 Å². The summed E-state index contributed by atoms with van der Waals surface area (Å²) in [7, 11) is 0. The third-order valence-electron chi connectivity index (χ3n) is 2.75. The second kappa shape index (κ2) is 5.23. The van der Waals surface area contributed by atoms with Crippen LogP contribution in [-0.4, -0.2) is 10.8 Å². The Kier molecular flexibility index (Phi) is 3.67. The molecule has 0 saturated heterocycles. The fourth-order valence-corrected chi connectivity index (χ4v) is 2.35. The molecule has 0 bridgehead atoms. The second-order valence-corrected chi connectivity index (χ2v) is 5.24. The van der Waals surface area contributed by atoms with Crippen LogP contribution in [0.5, 0.6) is 0 Å². The molecule has 18 heavy (non-hydrogen) atoms. The smallest absolute Gasteiger partial charge is 0.124 e. The van der Waals surface area contributed by atoms with Gasteiger partial charge in [-0.2, -0.15) is 0 Å². The van der Waals surface area contributed by atoms with Crippen LogP contribution in [0.1, 0.15) is 16.7 Å². The van der Waals surface area contributed by atoms with E-state index >= 15 is 0 Å². The number of aryl methyl sites for hydroxylation is 2. The van der Waals surface area contributed by atoms with Crippen molar-refractivity contribution in [1.29, 1.82) is 5.41 Å². The number of rotatable bonds is 3. The van der Waals surface area contributed by atoms with Crippen molar-refractivity contribution in [2.45, 2.75) is 23.8 Å². The Bertz CT molecular complexity index is 576. The van der Waals surface area contributed by atoms with Crippen molar-refractivity contribution in [2.24, 2.45) is 5.73 Å². The number of nitrogen functional groups attached to an aromatic ring is 1. The number of nitrogens with zero attached hydrogens (tertiary/aromatic N) is 1. The highest BCUT2D eigenvalue weighted by Gasteiger charge is 2.02. The number of hydrogen-bond acceptors (Lipinski definition) is 3. The first-order chi connectivity index (χ1) is 8.56. The van der Waals surface area contributed by atoms with Gasteiger partial charge in [0.1, 0.15) is 10.9 Å². The van der Waals surface area contributed by atoms with Gasteiger partial charge in [-0.3, -0.25) is 5.41 Å². The highest BCUT2D eigenvalue weighted by atomic mass is 32.2. The van der Waals surface area contributed by atoms with Crippen molar-refractivity contribution in [3.63, 3.8) is 0 Å². The lowest BCUT2D eigenvalue weighted by atomic mass is 10.1. The summed E-state index contributed by atoms with van der Waals surface area (Å²) in [5.74, 6) is 0.0465. The summed E-state index contributed by atoms with van der Waals surface area (Å²) in [6, 6.07) is 10.1. The van der Waals surface area contributed by atoms with E-state index in [9.17, 15) is 0 Å². The van der Waals surface area contributed by atoms with E-state index in [2.05, 4.69) is 37.0 Å². The Morgan fingerprint density at radius 3 is 2.50 bits per heavy atom. The molecule has 3 nitrogen and oxygen atoms in total. The van der Waals surface area contributed by atoms with Crippen LogP contribution in [0.15, 0.2) is 46.5 Å². The summed E-state index contributed by atoms with van der Waals surface area (Å²) in [4.78, 5) is 5.46. The summed E-state index contributed by atoms with van der Waals surface area (Å²) in [6.07, 6.45) is 1.63. The summed E-state index contributed by atoms with van der Waals surface area (Å²) in [5.41, 5.74) is 8.61. The first-order valence-electron chi connectivity index (χ1n) is 5.62. The monoisotopic (exact) mass is 257 g/mol. The minimum Gasteiger partial charge on any atom is -0.384 e. The molecule has 2 aromatic rings. The maximum atomic E-state index is 7.31. The third-order valence-corrected chi connectivity index (χ3v) is 3.69. The van der Waals surface area contributed by atoms with Crippen molar-refractivity contribution in [3.8, 4) is 0 Å². The van der Waals surface area contributed by atoms with E-state index in [1.807, 2.05) is 12.1 Å². The van der Waals surface area contributed by atoms with E-state index in [4.69, 9.17) is 11.1 Å². The quantitative estimate of drug-likeness (QED) is 0.656. The number of nitrogens with one attached hydrogen (secondary N) is 1. The number of benzene rings is 1. The average molecular weight is 257 g/mol. The first kappa shape index (κ1) is 12.6. The topological polar surface area (TPSA) is 62.8 Å². The van der Waals surface area contributed by atoms with Crippen molar-refractivity contribution in [2.75, 3.05) is 0 Å². The van der Waals surface area contributed by atoms with Crippen LogP contribution in [0.2, 0.25) is 0 Å². The fourth-order valence-electron chi connectivity index (χ4n) is 1.50. The van der Waals surface area contributed by atoms with Gasteiger partial charge in [-0.05, 0) is 49.2 Å². The number of amidine groups is 1. The maximum absolute atomic E-state index is 7.31. The van der Waals surface area contributed by atoms with E-state index in [1.54, 1.807) is 18.0 Å². The Morgan fingerprint density at radius 1 is 1.17 bits per heavy atom. The minimum absolute atomic E-state index is 0.0465. The lowest BCUT2D eigenvalue weighted by Gasteiger charge is -2.05. The number of nitrogens with two attached hydrogens (primary N) is 1. The molecule has 92 valence electrons. The molecule has 0 amide bonds. The van der Waals surface area contributed by atoms with Gasteiger partial charge in [0.2, 0.25) is 0 Å². The van der Waals surface area contributed by atoms with Crippen molar-refractivity contribution in [1.82, 2.24) is 4.98 Å². The van der Waals surface area contributed by atoms with Gasteiger partial charge in [0.25, 0.3) is 0 Å². The van der Waals surface area contributed by atoms with Gasteiger partial charge < -0.3 is 5.73 Å². The first-order valence-corrected chi connectivity index (χ1v) is 6.43. The zero-order valence-corrected chi connectivity index (χ0v) is 11.2. The highest BCUT2D eigenvalue weighted by Crippen LogP contribution is 2.27. The molecular weight excluding hydrogens is 242 g/mol. The fraction of sp³-hybridized carbons (Fsp3) is 0.143. The molecule has 0 atom stereocenters. The number of hydrogen-bond donors (Lipinski definition) is 2. The largest absolute Gasteiger partial charge is 0.384 e. The van der Waals surface area contributed by atoms with E-state index < -0.39 is 0 Å². The van der Waals surface area contributed by atoms with Crippen LogP contribution in [-0.2, 0) is 0 Å². The normalized spacial score (nSPS) is 10.3. The molecule has 0 unspecified atom stereocenters. The summed E-state index contributed by atoms with van der Waals surface area (Å²) >= 11 is 1.61. The molecule has 0 aliphatic rings. The van der Waals surface area contributed by atoms with E-state index in [1.165, 1.54) is 16.0 Å². The lowest BCUT2D eigenvalue weighted by Crippen LogP contribution is -2.10. The molecule has 0 radical (unpaired) electrons. The van der Waals surface area contributed by atoms with Crippen LogP contribution in [0.3, 0.4) is 0 Å². The highest BCUT2D eigenvalue weighted by molar-refractivity contribution is 7.99. The SMILES string of the molecule is Cc1ccc(Sc2ccc(C(=N)N)cn2)cc1C. The summed E-state index contributed by atoms with van der Waals surface area (Å²) in [6.45, 7) is 4.20. The van der Waals surface area contributed by atoms with Gasteiger partial charge in [-0.25, -0.2) is 4.98 Å². The van der Waals surface area contributed by atoms with E-state index in [0.29, 0.717) is 5.56 Å². The predicted octanol–water partition coefficient (Wildman–Crippen LogP) is 3.13. The molecule has 3 N–H and O–H groups in total. The molecule has 0 saturated carbocycles. The average Bonchev–Trinajstić information content (AvgIpc) is 2.34. The van der Waals surface area contributed by atoms with E-state index in [0.717, 1.165) is 5.03 Å². The van der Waals surface area contributed by atoms with Crippen LogP contribution < -0.4 is 5.73 Å². The molecule has 1 aromatic heterocycles. The molecule has 1 heterocycles. The maximum Gasteiger partial charge on any atom is 0.124 e. The van der Waals surface area contributed by atoms with Crippen LogP contribution in [0, 0.1) is 19.3 Å².